The van der Waals surface area contributed by atoms with Crippen molar-refractivity contribution in [2.24, 2.45) is 0 Å². The molecular formula is C16H31NOS. The largest absolute Gasteiger partial charge is 0.333 e. The van der Waals surface area contributed by atoms with Crippen LogP contribution in [0.5, 0.6) is 0 Å². The lowest BCUT2D eigenvalue weighted by atomic mass is 9.89. The second-order valence-electron chi connectivity index (χ2n) is 5.54. The maximum absolute atomic E-state index is 6.69. The van der Waals surface area contributed by atoms with Crippen molar-refractivity contribution in [1.82, 2.24) is 4.90 Å². The summed E-state index contributed by atoms with van der Waals surface area (Å²) in [5, 5.41) is 0. The fraction of sp³-hybridized carbons (Fsp3) is 0.875. The van der Waals surface area contributed by atoms with Crippen LogP contribution in [0.25, 0.3) is 0 Å². The summed E-state index contributed by atoms with van der Waals surface area (Å²) in [6.07, 6.45) is 19.3. The average molecular weight is 285 g/mol. The van der Waals surface area contributed by atoms with Crippen LogP contribution in [0, 0.1) is 12.3 Å². The van der Waals surface area contributed by atoms with Gasteiger partial charge in [0.1, 0.15) is 0 Å². The molecule has 19 heavy (non-hydrogen) atoms. The number of terminal acetylenes is 1. The molecule has 2 aliphatic rings. The predicted molar refractivity (Wildman–Crippen MR) is 87.6 cm³/mol. The lowest BCUT2D eigenvalue weighted by Gasteiger charge is -2.39. The van der Waals surface area contributed by atoms with E-state index >= 15 is 0 Å². The zero-order valence-electron chi connectivity index (χ0n) is 12.6. The summed E-state index contributed by atoms with van der Waals surface area (Å²) in [6.45, 7) is 1.65. The van der Waals surface area contributed by atoms with Gasteiger partial charge in [0.2, 0.25) is 0 Å². The summed E-state index contributed by atoms with van der Waals surface area (Å²) in [5.41, 5.74) is 0. The summed E-state index contributed by atoms with van der Waals surface area (Å²) in [6, 6.07) is 1.85. The van der Waals surface area contributed by atoms with Crippen LogP contribution in [0.1, 0.15) is 71.1 Å². The summed E-state index contributed by atoms with van der Waals surface area (Å²) in [4.78, 5) is 2.72. The van der Waals surface area contributed by atoms with Crippen molar-refractivity contribution in [2.45, 2.75) is 83.2 Å². The third-order valence-electron chi connectivity index (χ3n) is 4.30. The molecule has 2 aliphatic carbocycles. The Morgan fingerprint density at radius 1 is 0.895 bits per heavy atom. The first-order valence-corrected chi connectivity index (χ1v) is 7.99. The van der Waals surface area contributed by atoms with Crippen molar-refractivity contribution in [1.29, 1.82) is 0 Å². The molecule has 0 aromatic carbocycles. The van der Waals surface area contributed by atoms with Gasteiger partial charge in [-0.15, -0.1) is 12.3 Å². The number of hydrogen-bond donors (Lipinski definition) is 2. The minimum absolute atomic E-state index is 0.923. The predicted octanol–water partition coefficient (Wildman–Crippen LogP) is 4.61. The highest BCUT2D eigenvalue weighted by Crippen LogP contribution is 2.28. The minimum Gasteiger partial charge on any atom is -0.333 e. The van der Waals surface area contributed by atoms with Gasteiger partial charge in [-0.05, 0) is 52.6 Å². The van der Waals surface area contributed by atoms with Crippen molar-refractivity contribution >= 4 is 12.9 Å². The van der Waals surface area contributed by atoms with Crippen LogP contribution >= 0.6 is 12.9 Å². The maximum atomic E-state index is 6.69. The number of nitrogens with zero attached hydrogens (tertiary/aromatic N) is 1. The third-order valence-corrected chi connectivity index (χ3v) is 4.30. The van der Waals surface area contributed by atoms with Gasteiger partial charge in [0, 0.05) is 12.1 Å². The Kier molecular flexibility index (Phi) is 12.7. The van der Waals surface area contributed by atoms with Crippen LogP contribution in [-0.4, -0.2) is 28.6 Å². The number of rotatable bonds is 2. The Bertz CT molecular complexity index is 209. The van der Waals surface area contributed by atoms with Crippen molar-refractivity contribution in [3.05, 3.63) is 0 Å². The van der Waals surface area contributed by atoms with E-state index in [0.29, 0.717) is 0 Å². The quantitative estimate of drug-likeness (QED) is 0.439. The molecular weight excluding hydrogens is 254 g/mol. The number of hydrogen-bond acceptors (Lipinski definition) is 3. The molecule has 112 valence electrons. The van der Waals surface area contributed by atoms with E-state index in [9.17, 15) is 0 Å². The average Bonchev–Trinajstić information content (AvgIpc) is 2.51. The van der Waals surface area contributed by atoms with E-state index in [0.717, 1.165) is 12.1 Å². The molecule has 0 unspecified atom stereocenters. The molecule has 3 heteroatoms. The third kappa shape index (κ3) is 7.87. The molecule has 2 nitrogen and oxygen atoms in total. The zero-order chi connectivity index (χ0) is 14.5. The highest BCUT2D eigenvalue weighted by atomic mass is 32.1. The van der Waals surface area contributed by atoms with Crippen LogP contribution in [0.4, 0.5) is 0 Å². The Morgan fingerprint density at radius 3 is 1.42 bits per heavy atom. The molecule has 0 amide bonds. The molecule has 0 radical (unpaired) electrons. The molecule has 0 bridgehead atoms. The highest BCUT2D eigenvalue weighted by Gasteiger charge is 2.25. The molecule has 1 N–H and O–H groups in total. The highest BCUT2D eigenvalue weighted by molar-refractivity contribution is 7.74. The fourth-order valence-electron chi connectivity index (χ4n) is 3.27. The first-order valence-electron chi connectivity index (χ1n) is 7.59. The number of thiol groups is 1. The molecule has 0 saturated heterocycles. The van der Waals surface area contributed by atoms with Gasteiger partial charge in [0.25, 0.3) is 0 Å². The van der Waals surface area contributed by atoms with Crippen molar-refractivity contribution in [3.63, 3.8) is 0 Å². The van der Waals surface area contributed by atoms with Crippen LogP contribution < -0.4 is 0 Å². The van der Waals surface area contributed by atoms with Gasteiger partial charge >= 0.3 is 0 Å². The van der Waals surface area contributed by atoms with E-state index in [1.807, 2.05) is 0 Å². The van der Waals surface area contributed by atoms with Crippen molar-refractivity contribution in [3.8, 4) is 12.3 Å². The van der Waals surface area contributed by atoms with Crippen molar-refractivity contribution < 1.29 is 4.55 Å². The van der Waals surface area contributed by atoms with Gasteiger partial charge in [-0.3, -0.25) is 0 Å². The minimum atomic E-state index is 0.923. The molecule has 0 aliphatic heterocycles. The molecule has 0 atom stereocenters. The summed E-state index contributed by atoms with van der Waals surface area (Å²) in [5.74, 6) is 2.25. The van der Waals surface area contributed by atoms with Gasteiger partial charge < -0.3 is 9.45 Å². The van der Waals surface area contributed by atoms with E-state index < -0.39 is 0 Å². The smallest absolute Gasteiger partial charge is 0.00951 e. The summed E-state index contributed by atoms with van der Waals surface area (Å²) < 4.78 is 6.69. The van der Waals surface area contributed by atoms with Crippen LogP contribution in [0.15, 0.2) is 0 Å². The molecule has 2 saturated carbocycles. The second kappa shape index (κ2) is 12.8. The normalized spacial score (nSPS) is 20.6. The summed E-state index contributed by atoms with van der Waals surface area (Å²) in [7, 11) is 2.38. The SMILES string of the molecule is C#CC.CN(C1CCCCC1)C1CCCCC1.OS. The molecule has 2 fully saturated rings. The molecule has 0 aromatic heterocycles. The Hall–Kier alpha value is -0.170. The fourth-order valence-corrected chi connectivity index (χ4v) is 3.27. The van der Waals surface area contributed by atoms with Gasteiger partial charge in [-0.1, -0.05) is 38.5 Å². The maximum Gasteiger partial charge on any atom is 0.00951 e. The van der Waals surface area contributed by atoms with E-state index in [-0.39, 0.29) is 0 Å². The van der Waals surface area contributed by atoms with E-state index in [4.69, 9.17) is 4.55 Å². The summed E-state index contributed by atoms with van der Waals surface area (Å²) >= 11 is 2.53. The van der Waals surface area contributed by atoms with Crippen molar-refractivity contribution in [2.75, 3.05) is 7.05 Å². The topological polar surface area (TPSA) is 23.5 Å². The Balaban J connectivity index is 0.000000573. The molecule has 0 aromatic rings. The van der Waals surface area contributed by atoms with Gasteiger partial charge in [-0.2, -0.15) is 0 Å². The molecule has 0 spiro atoms. The van der Waals surface area contributed by atoms with Crippen LogP contribution in [0.2, 0.25) is 0 Å². The lowest BCUT2D eigenvalue weighted by molar-refractivity contribution is 0.111. The van der Waals surface area contributed by atoms with Crippen LogP contribution in [0.3, 0.4) is 0 Å². The van der Waals surface area contributed by atoms with E-state index in [1.165, 1.54) is 64.2 Å². The monoisotopic (exact) mass is 285 g/mol. The first-order chi connectivity index (χ1) is 9.29. The Morgan fingerprint density at radius 2 is 1.16 bits per heavy atom. The standard InChI is InChI=1S/C13H25N.C3H4.H2OS/c1-14(12-8-4-2-5-9-12)13-10-6-3-7-11-13;1-3-2;1-2/h12-13H,2-11H2,1H3;1H,2H3;1-2H. The zero-order valence-corrected chi connectivity index (χ0v) is 13.5. The van der Waals surface area contributed by atoms with Gasteiger partial charge in [0.05, 0.1) is 0 Å². The van der Waals surface area contributed by atoms with E-state index in [2.05, 4.69) is 37.2 Å². The first kappa shape index (κ1) is 18.8. The second-order valence-corrected chi connectivity index (χ2v) is 5.54. The van der Waals surface area contributed by atoms with E-state index in [1.54, 1.807) is 6.92 Å². The van der Waals surface area contributed by atoms with Gasteiger partial charge in [-0.25, -0.2) is 0 Å². The van der Waals surface area contributed by atoms with Crippen LogP contribution in [-0.2, 0) is 0 Å². The Labute approximate surface area is 125 Å². The lowest BCUT2D eigenvalue weighted by Crippen LogP contribution is -2.42. The molecule has 2 rings (SSSR count). The molecule has 0 heterocycles. The van der Waals surface area contributed by atoms with Gasteiger partial charge in [0.15, 0.2) is 0 Å².